The van der Waals surface area contributed by atoms with Crippen LogP contribution in [0.25, 0.3) is 0 Å². The Morgan fingerprint density at radius 2 is 2.08 bits per heavy atom. The molecule has 2 fully saturated rings. The second kappa shape index (κ2) is 3.46. The van der Waals surface area contributed by atoms with Gasteiger partial charge in [0.1, 0.15) is 0 Å². The van der Waals surface area contributed by atoms with Crippen LogP contribution < -0.4 is 0 Å². The van der Waals surface area contributed by atoms with E-state index in [2.05, 4.69) is 11.3 Å². The van der Waals surface area contributed by atoms with E-state index in [4.69, 9.17) is 0 Å². The monoisotopic (exact) mass is 166 g/mol. The summed E-state index contributed by atoms with van der Waals surface area (Å²) in [5, 5.41) is 0. The van der Waals surface area contributed by atoms with Crippen LogP contribution in [0, 0.1) is 12.3 Å². The fraction of sp³-hybridized carbons (Fsp3) is 0.800. The second-order valence-corrected chi connectivity index (χ2v) is 3.82. The zero-order valence-electron chi connectivity index (χ0n) is 7.46. The van der Waals surface area contributed by atoms with Gasteiger partial charge in [-0.1, -0.05) is 0 Å². The molecule has 0 atom stereocenters. The molecule has 0 aromatic heterocycles. The maximum absolute atomic E-state index is 11.6. The molecule has 1 aliphatic heterocycles. The van der Waals surface area contributed by atoms with Gasteiger partial charge in [0.2, 0.25) is 5.91 Å². The molecule has 1 heterocycles. The number of hydrogen-bond donors (Lipinski definition) is 0. The molecule has 1 aliphatic carbocycles. The third-order valence-electron chi connectivity index (χ3n) is 2.68. The Morgan fingerprint density at radius 3 is 2.83 bits per heavy atom. The van der Waals surface area contributed by atoms with Crippen molar-refractivity contribution in [2.75, 3.05) is 13.1 Å². The summed E-state index contributed by atoms with van der Waals surface area (Å²) in [6, 6.07) is 0. The van der Waals surface area contributed by atoms with Gasteiger partial charge in [0.15, 0.2) is 0 Å². The molecule has 0 bridgehead atoms. The fourth-order valence-electron chi connectivity index (χ4n) is 1.74. The summed E-state index contributed by atoms with van der Waals surface area (Å²) in [5.41, 5.74) is 0. The van der Waals surface area contributed by atoms with Crippen LogP contribution in [0.3, 0.4) is 0 Å². The van der Waals surface area contributed by atoms with Crippen molar-refractivity contribution in [1.82, 2.24) is 4.90 Å². The van der Waals surface area contributed by atoms with E-state index in [1.807, 2.05) is 0 Å². The average Bonchev–Trinajstić information content (AvgIpc) is 2.92. The number of nitrogens with zero attached hydrogens (tertiary/aromatic N) is 1. The van der Waals surface area contributed by atoms with Crippen LogP contribution in [-0.2, 0) is 4.79 Å². The van der Waals surface area contributed by atoms with E-state index in [0.717, 1.165) is 32.4 Å². The van der Waals surface area contributed by atoms with Crippen LogP contribution in [0.2, 0.25) is 0 Å². The van der Waals surface area contributed by atoms with Crippen LogP contribution in [-0.4, -0.2) is 23.9 Å². The quantitative estimate of drug-likeness (QED) is 0.579. The predicted octanol–water partition coefficient (Wildman–Crippen LogP) is 1.61. The number of likely N-dealkylation sites (tertiary alicyclic amines) is 1. The van der Waals surface area contributed by atoms with Crippen molar-refractivity contribution in [1.29, 1.82) is 0 Å². The van der Waals surface area contributed by atoms with Crippen molar-refractivity contribution < 1.29 is 4.79 Å². The highest BCUT2D eigenvalue weighted by atomic mass is 16.2. The van der Waals surface area contributed by atoms with Crippen molar-refractivity contribution in [3.63, 3.8) is 0 Å². The summed E-state index contributed by atoms with van der Waals surface area (Å²) in [4.78, 5) is 13.7. The van der Waals surface area contributed by atoms with Gasteiger partial charge in [-0.2, -0.15) is 0 Å². The minimum atomic E-state index is 0.406. The number of carbonyl (C=O) groups is 1. The van der Waals surface area contributed by atoms with Gasteiger partial charge in [-0.15, -0.1) is 0 Å². The third-order valence-corrected chi connectivity index (χ3v) is 2.68. The predicted molar refractivity (Wildman–Crippen MR) is 47.5 cm³/mol. The van der Waals surface area contributed by atoms with Crippen molar-refractivity contribution >= 4 is 5.91 Å². The Labute approximate surface area is 73.9 Å². The number of rotatable bonds is 1. The zero-order valence-corrected chi connectivity index (χ0v) is 7.46. The molecule has 2 aliphatic rings. The lowest BCUT2D eigenvalue weighted by molar-refractivity contribution is -0.132. The first-order valence-electron chi connectivity index (χ1n) is 4.98. The van der Waals surface area contributed by atoms with Crippen LogP contribution in [0.5, 0.6) is 0 Å². The highest BCUT2D eigenvalue weighted by molar-refractivity contribution is 5.81. The Morgan fingerprint density at radius 1 is 1.25 bits per heavy atom. The molecule has 67 valence electrons. The molecule has 0 aromatic carbocycles. The van der Waals surface area contributed by atoms with Crippen molar-refractivity contribution in [2.24, 2.45) is 5.92 Å². The van der Waals surface area contributed by atoms with Crippen LogP contribution >= 0.6 is 0 Å². The Balaban J connectivity index is 1.87. The summed E-state index contributed by atoms with van der Waals surface area (Å²) in [5.74, 6) is 0.827. The lowest BCUT2D eigenvalue weighted by Crippen LogP contribution is -2.32. The van der Waals surface area contributed by atoms with Gasteiger partial charge in [-0.25, -0.2) is 0 Å². The summed E-state index contributed by atoms with van der Waals surface area (Å²) >= 11 is 0. The third kappa shape index (κ3) is 1.79. The molecule has 0 N–H and O–H groups in total. The summed E-state index contributed by atoms with van der Waals surface area (Å²) in [7, 11) is 0. The van der Waals surface area contributed by atoms with Gasteiger partial charge in [-0.05, 0) is 38.5 Å². The molecule has 1 saturated heterocycles. The van der Waals surface area contributed by atoms with Crippen molar-refractivity contribution in [2.45, 2.75) is 32.1 Å². The Bertz CT molecular complexity index is 167. The molecule has 2 nitrogen and oxygen atoms in total. The number of hydrogen-bond acceptors (Lipinski definition) is 1. The Kier molecular flexibility index (Phi) is 2.33. The van der Waals surface area contributed by atoms with Gasteiger partial charge in [-0.3, -0.25) is 4.79 Å². The minimum absolute atomic E-state index is 0.406. The molecular formula is C10H16NO. The highest BCUT2D eigenvalue weighted by Gasteiger charge is 2.33. The summed E-state index contributed by atoms with van der Waals surface area (Å²) < 4.78 is 0. The van der Waals surface area contributed by atoms with E-state index >= 15 is 0 Å². The molecular weight excluding hydrogens is 150 g/mol. The second-order valence-electron chi connectivity index (χ2n) is 3.82. The van der Waals surface area contributed by atoms with Gasteiger partial charge >= 0.3 is 0 Å². The molecule has 12 heavy (non-hydrogen) atoms. The Hall–Kier alpha value is -0.530. The first-order chi connectivity index (χ1) is 5.88. The first kappa shape index (κ1) is 8.09. The normalized spacial score (nSPS) is 25.2. The molecule has 0 spiro atoms. The van der Waals surface area contributed by atoms with Crippen LogP contribution in [0.1, 0.15) is 32.1 Å². The largest absolute Gasteiger partial charge is 0.342 e. The van der Waals surface area contributed by atoms with Gasteiger partial charge in [0.25, 0.3) is 0 Å². The summed E-state index contributed by atoms with van der Waals surface area (Å²) in [6.45, 7) is 1.96. The number of carbonyl (C=O) groups excluding carboxylic acids is 1. The molecule has 0 unspecified atom stereocenters. The van der Waals surface area contributed by atoms with E-state index in [1.165, 1.54) is 12.8 Å². The zero-order chi connectivity index (χ0) is 8.39. The minimum Gasteiger partial charge on any atom is -0.342 e. The van der Waals surface area contributed by atoms with Gasteiger partial charge < -0.3 is 4.90 Å². The smallest absolute Gasteiger partial charge is 0.225 e. The molecule has 1 amide bonds. The topological polar surface area (TPSA) is 20.3 Å². The van der Waals surface area contributed by atoms with E-state index in [-0.39, 0.29) is 0 Å². The maximum Gasteiger partial charge on any atom is 0.225 e. The van der Waals surface area contributed by atoms with Crippen LogP contribution in [0.4, 0.5) is 0 Å². The van der Waals surface area contributed by atoms with E-state index < -0.39 is 0 Å². The van der Waals surface area contributed by atoms with Crippen molar-refractivity contribution in [3.05, 3.63) is 6.42 Å². The number of amides is 1. The standard InChI is InChI=1S/C10H16NO/c12-10(9-5-6-9)11-7-3-1-2-4-8-11/h1,9H,2-8H2. The highest BCUT2D eigenvalue weighted by Crippen LogP contribution is 2.31. The van der Waals surface area contributed by atoms with Gasteiger partial charge in [0, 0.05) is 19.0 Å². The maximum atomic E-state index is 11.6. The SMILES string of the molecule is O=C(C1CC1)N1CC[CH]CCC1. The molecule has 1 saturated carbocycles. The lowest BCUT2D eigenvalue weighted by Gasteiger charge is -2.19. The fourth-order valence-corrected chi connectivity index (χ4v) is 1.74. The van der Waals surface area contributed by atoms with E-state index in [0.29, 0.717) is 11.8 Å². The first-order valence-corrected chi connectivity index (χ1v) is 4.98. The van der Waals surface area contributed by atoms with Crippen LogP contribution in [0.15, 0.2) is 0 Å². The summed E-state index contributed by atoms with van der Waals surface area (Å²) in [6.07, 6.45) is 8.03. The van der Waals surface area contributed by atoms with Gasteiger partial charge in [0.05, 0.1) is 0 Å². The van der Waals surface area contributed by atoms with E-state index in [9.17, 15) is 4.79 Å². The molecule has 2 heteroatoms. The van der Waals surface area contributed by atoms with Crippen molar-refractivity contribution in [3.8, 4) is 0 Å². The van der Waals surface area contributed by atoms with E-state index in [1.54, 1.807) is 0 Å². The molecule has 2 rings (SSSR count). The molecule has 0 aromatic rings. The average molecular weight is 166 g/mol. The molecule has 1 radical (unpaired) electrons. The lowest BCUT2D eigenvalue weighted by atomic mass is 10.2.